The minimum Gasteiger partial charge on any atom is -0.464 e. The van der Waals surface area contributed by atoms with Crippen molar-refractivity contribution >= 4 is 5.97 Å². The highest BCUT2D eigenvalue weighted by Crippen LogP contribution is 2.02. The first-order valence-electron chi connectivity index (χ1n) is 4.23. The summed E-state index contributed by atoms with van der Waals surface area (Å²) in [4.78, 5) is 15.2. The number of methoxy groups -OCH3 is 1. The third-order valence-corrected chi connectivity index (χ3v) is 1.77. The smallest absolute Gasteiger partial charge is 0.360 e. The minimum atomic E-state index is -0.516. The molecule has 76 valence electrons. The summed E-state index contributed by atoms with van der Waals surface area (Å²) in [5.74, 6) is 0.0809. The van der Waals surface area contributed by atoms with Crippen LogP contribution in [0.1, 0.15) is 10.5 Å². The SMILES string of the molecule is COC(=O)c1cn(-c2ccccn2)nn1. The fraction of sp³-hybridized carbons (Fsp3) is 0.111. The molecule has 2 rings (SSSR count). The third-order valence-electron chi connectivity index (χ3n) is 1.77. The summed E-state index contributed by atoms with van der Waals surface area (Å²) < 4.78 is 5.92. The van der Waals surface area contributed by atoms with Crippen molar-refractivity contribution in [3.05, 3.63) is 36.3 Å². The van der Waals surface area contributed by atoms with Gasteiger partial charge in [-0.1, -0.05) is 11.3 Å². The minimum absolute atomic E-state index is 0.156. The van der Waals surface area contributed by atoms with Gasteiger partial charge in [-0.05, 0) is 12.1 Å². The van der Waals surface area contributed by atoms with Crippen LogP contribution in [0.25, 0.3) is 5.82 Å². The number of ether oxygens (including phenoxy) is 1. The molecule has 2 aromatic rings. The highest BCUT2D eigenvalue weighted by Gasteiger charge is 2.11. The maximum Gasteiger partial charge on any atom is 0.360 e. The van der Waals surface area contributed by atoms with Crippen molar-refractivity contribution in [1.29, 1.82) is 0 Å². The molecule has 0 bridgehead atoms. The van der Waals surface area contributed by atoms with Crippen molar-refractivity contribution in [2.24, 2.45) is 0 Å². The Balaban J connectivity index is 2.32. The predicted octanol–water partition coefficient (Wildman–Crippen LogP) is 0.449. The molecule has 6 nitrogen and oxygen atoms in total. The van der Waals surface area contributed by atoms with Gasteiger partial charge < -0.3 is 4.74 Å². The number of carbonyl (C=O) groups is 1. The molecule has 2 heterocycles. The van der Waals surface area contributed by atoms with Gasteiger partial charge in [0, 0.05) is 6.20 Å². The Hall–Kier alpha value is -2.24. The Morgan fingerprint density at radius 3 is 3.00 bits per heavy atom. The van der Waals surface area contributed by atoms with E-state index in [1.54, 1.807) is 18.3 Å². The van der Waals surface area contributed by atoms with Gasteiger partial charge in [-0.3, -0.25) is 0 Å². The van der Waals surface area contributed by atoms with Crippen LogP contribution >= 0.6 is 0 Å². The van der Waals surface area contributed by atoms with Crippen molar-refractivity contribution in [2.75, 3.05) is 7.11 Å². The number of esters is 1. The first-order valence-corrected chi connectivity index (χ1v) is 4.23. The van der Waals surface area contributed by atoms with Gasteiger partial charge in [-0.25, -0.2) is 14.5 Å². The molecule has 0 saturated carbocycles. The Kier molecular flexibility index (Phi) is 2.40. The fourth-order valence-electron chi connectivity index (χ4n) is 1.06. The van der Waals surface area contributed by atoms with Gasteiger partial charge in [0.1, 0.15) is 0 Å². The lowest BCUT2D eigenvalue weighted by molar-refractivity contribution is 0.0594. The molecule has 2 aromatic heterocycles. The molecule has 0 N–H and O–H groups in total. The van der Waals surface area contributed by atoms with Crippen LogP contribution in [0.3, 0.4) is 0 Å². The number of nitrogens with zero attached hydrogens (tertiary/aromatic N) is 4. The summed E-state index contributed by atoms with van der Waals surface area (Å²) in [5, 5.41) is 7.42. The molecule has 6 heteroatoms. The largest absolute Gasteiger partial charge is 0.464 e. The van der Waals surface area contributed by atoms with Gasteiger partial charge in [0.15, 0.2) is 11.5 Å². The van der Waals surface area contributed by atoms with Gasteiger partial charge in [0.05, 0.1) is 13.3 Å². The second-order valence-electron chi connectivity index (χ2n) is 2.73. The number of carbonyl (C=O) groups excluding carboxylic acids is 1. The monoisotopic (exact) mass is 204 g/mol. The highest BCUT2D eigenvalue weighted by molar-refractivity contribution is 5.86. The van der Waals surface area contributed by atoms with Crippen LogP contribution in [-0.4, -0.2) is 33.1 Å². The van der Waals surface area contributed by atoms with E-state index in [0.717, 1.165) is 0 Å². The quantitative estimate of drug-likeness (QED) is 0.664. The van der Waals surface area contributed by atoms with E-state index in [4.69, 9.17) is 0 Å². The maximum absolute atomic E-state index is 11.1. The molecule has 0 aliphatic carbocycles. The number of rotatable bonds is 2. The molecular weight excluding hydrogens is 196 g/mol. The van der Waals surface area contributed by atoms with Crippen LogP contribution in [0.4, 0.5) is 0 Å². The molecule has 0 radical (unpaired) electrons. The molecule has 0 unspecified atom stereocenters. The average Bonchev–Trinajstić information content (AvgIpc) is 2.78. The maximum atomic E-state index is 11.1. The molecule has 0 amide bonds. The van der Waals surface area contributed by atoms with Crippen LogP contribution in [0, 0.1) is 0 Å². The van der Waals surface area contributed by atoms with Gasteiger partial charge >= 0.3 is 5.97 Å². The number of hydrogen-bond acceptors (Lipinski definition) is 5. The van der Waals surface area contributed by atoms with Gasteiger partial charge in [-0.2, -0.15) is 0 Å². The number of pyridine rings is 1. The van der Waals surface area contributed by atoms with Gasteiger partial charge in [0.2, 0.25) is 0 Å². The topological polar surface area (TPSA) is 69.9 Å². The lowest BCUT2D eigenvalue weighted by Gasteiger charge is -1.95. The molecular formula is C9H8N4O2. The van der Waals surface area contributed by atoms with E-state index in [2.05, 4.69) is 20.0 Å². The van der Waals surface area contributed by atoms with E-state index in [0.29, 0.717) is 5.82 Å². The Morgan fingerprint density at radius 2 is 2.33 bits per heavy atom. The fourth-order valence-corrected chi connectivity index (χ4v) is 1.06. The van der Waals surface area contributed by atoms with Crippen LogP contribution in [-0.2, 0) is 4.74 Å². The van der Waals surface area contributed by atoms with Crippen molar-refractivity contribution in [2.45, 2.75) is 0 Å². The van der Waals surface area contributed by atoms with Crippen molar-refractivity contribution in [3.8, 4) is 5.82 Å². The molecule has 0 aromatic carbocycles. The summed E-state index contributed by atoms with van der Waals surface area (Å²) in [6, 6.07) is 5.37. The highest BCUT2D eigenvalue weighted by atomic mass is 16.5. The van der Waals surface area contributed by atoms with E-state index in [9.17, 15) is 4.79 Å². The van der Waals surface area contributed by atoms with Crippen molar-refractivity contribution < 1.29 is 9.53 Å². The summed E-state index contributed by atoms with van der Waals surface area (Å²) in [5.41, 5.74) is 0.156. The molecule has 0 spiro atoms. The van der Waals surface area contributed by atoms with Crippen LogP contribution in [0.15, 0.2) is 30.6 Å². The summed E-state index contributed by atoms with van der Waals surface area (Å²) in [6.45, 7) is 0. The summed E-state index contributed by atoms with van der Waals surface area (Å²) in [6.07, 6.45) is 3.10. The second kappa shape index (κ2) is 3.87. The first kappa shape index (κ1) is 9.32. The third kappa shape index (κ3) is 1.83. The Morgan fingerprint density at radius 1 is 1.47 bits per heavy atom. The zero-order chi connectivity index (χ0) is 10.7. The normalized spacial score (nSPS) is 9.93. The summed E-state index contributed by atoms with van der Waals surface area (Å²) >= 11 is 0. The van der Waals surface area contributed by atoms with E-state index >= 15 is 0 Å². The van der Waals surface area contributed by atoms with E-state index in [1.165, 1.54) is 18.0 Å². The first-order chi connectivity index (χ1) is 7.31. The van der Waals surface area contributed by atoms with Crippen LogP contribution in [0.5, 0.6) is 0 Å². The van der Waals surface area contributed by atoms with Gasteiger partial charge in [0.25, 0.3) is 0 Å². The average molecular weight is 204 g/mol. The zero-order valence-electron chi connectivity index (χ0n) is 7.99. The van der Waals surface area contributed by atoms with Crippen LogP contribution < -0.4 is 0 Å². The second-order valence-corrected chi connectivity index (χ2v) is 2.73. The van der Waals surface area contributed by atoms with E-state index in [1.807, 2.05) is 6.07 Å². The van der Waals surface area contributed by atoms with E-state index in [-0.39, 0.29) is 5.69 Å². The molecule has 15 heavy (non-hydrogen) atoms. The van der Waals surface area contributed by atoms with Crippen LogP contribution in [0.2, 0.25) is 0 Å². The number of aromatic nitrogens is 4. The number of hydrogen-bond donors (Lipinski definition) is 0. The van der Waals surface area contributed by atoms with Gasteiger partial charge in [-0.15, -0.1) is 5.10 Å². The standard InChI is InChI=1S/C9H8N4O2/c1-15-9(14)7-6-13(12-11-7)8-4-2-3-5-10-8/h2-6H,1H3. The molecule has 0 saturated heterocycles. The predicted molar refractivity (Wildman–Crippen MR) is 50.5 cm³/mol. The lowest BCUT2D eigenvalue weighted by Crippen LogP contribution is -2.01. The molecule has 0 aliphatic heterocycles. The zero-order valence-corrected chi connectivity index (χ0v) is 7.99. The summed E-state index contributed by atoms with van der Waals surface area (Å²) in [7, 11) is 1.29. The molecule has 0 fully saturated rings. The lowest BCUT2D eigenvalue weighted by atomic mass is 10.4. The van der Waals surface area contributed by atoms with E-state index < -0.39 is 5.97 Å². The van der Waals surface area contributed by atoms with Crippen molar-refractivity contribution in [1.82, 2.24) is 20.0 Å². The Bertz CT molecular complexity index is 466. The molecule has 0 atom stereocenters. The van der Waals surface area contributed by atoms with Crippen molar-refractivity contribution in [3.63, 3.8) is 0 Å². The Labute approximate surface area is 85.5 Å². The molecule has 0 aliphatic rings.